The van der Waals surface area contributed by atoms with Crippen molar-refractivity contribution in [3.8, 4) is 28.9 Å². The summed E-state index contributed by atoms with van der Waals surface area (Å²) >= 11 is 3.37. The van der Waals surface area contributed by atoms with Crippen LogP contribution >= 0.6 is 15.9 Å². The predicted molar refractivity (Wildman–Crippen MR) is 117 cm³/mol. The number of nitrogens with two attached hydrogens (primary N) is 1. The Bertz CT molecular complexity index is 1120. The van der Waals surface area contributed by atoms with Gasteiger partial charge >= 0.3 is 0 Å². The average molecular weight is 441 g/mol. The standard InChI is InChI=1S/C22H21BrN2O3/c1-3-25(4-2)17-9-7-14(8-10-17)22-20(27)19(26)18-13-16(23)12-15(6-5-11-24)21(18)28-22/h7-10,12-13,27H,3-4,11,24H2,1-2H3. The first-order valence-corrected chi connectivity index (χ1v) is 9.83. The summed E-state index contributed by atoms with van der Waals surface area (Å²) in [7, 11) is 0. The highest BCUT2D eigenvalue weighted by molar-refractivity contribution is 9.10. The van der Waals surface area contributed by atoms with E-state index in [1.165, 1.54) is 0 Å². The lowest BCUT2D eigenvalue weighted by Crippen LogP contribution is -2.21. The second-order valence-electron chi connectivity index (χ2n) is 6.16. The Labute approximate surface area is 171 Å². The number of fused-ring (bicyclic) bond motifs is 1. The van der Waals surface area contributed by atoms with Crippen LogP contribution in [0.2, 0.25) is 0 Å². The smallest absolute Gasteiger partial charge is 0.235 e. The Morgan fingerprint density at radius 1 is 1.18 bits per heavy atom. The second-order valence-corrected chi connectivity index (χ2v) is 7.08. The third kappa shape index (κ3) is 3.77. The van der Waals surface area contributed by atoms with E-state index >= 15 is 0 Å². The fraction of sp³-hybridized carbons (Fsp3) is 0.227. The summed E-state index contributed by atoms with van der Waals surface area (Å²) < 4.78 is 6.64. The summed E-state index contributed by atoms with van der Waals surface area (Å²) in [6.45, 7) is 6.16. The molecule has 28 heavy (non-hydrogen) atoms. The van der Waals surface area contributed by atoms with Crippen molar-refractivity contribution in [3.05, 3.63) is 56.7 Å². The third-order valence-electron chi connectivity index (χ3n) is 4.52. The van der Waals surface area contributed by atoms with Crippen LogP contribution in [0.3, 0.4) is 0 Å². The molecule has 0 radical (unpaired) electrons. The molecule has 0 saturated carbocycles. The zero-order chi connectivity index (χ0) is 20.3. The maximum absolute atomic E-state index is 12.8. The lowest BCUT2D eigenvalue weighted by Gasteiger charge is -2.21. The van der Waals surface area contributed by atoms with E-state index < -0.39 is 11.2 Å². The number of rotatable bonds is 4. The molecule has 0 aliphatic rings. The number of halogens is 1. The van der Waals surface area contributed by atoms with Crippen molar-refractivity contribution >= 4 is 32.6 Å². The Hall–Kier alpha value is -2.75. The largest absolute Gasteiger partial charge is 0.502 e. The van der Waals surface area contributed by atoms with Gasteiger partial charge in [-0.25, -0.2) is 0 Å². The van der Waals surface area contributed by atoms with Gasteiger partial charge in [0.25, 0.3) is 0 Å². The number of anilines is 1. The highest BCUT2D eigenvalue weighted by atomic mass is 79.9. The molecule has 144 valence electrons. The maximum Gasteiger partial charge on any atom is 0.235 e. The van der Waals surface area contributed by atoms with Crippen molar-refractivity contribution < 1.29 is 9.52 Å². The Morgan fingerprint density at radius 2 is 1.86 bits per heavy atom. The van der Waals surface area contributed by atoms with Crippen LogP contribution in [0.25, 0.3) is 22.3 Å². The predicted octanol–water partition coefficient (Wildman–Crippen LogP) is 4.08. The fourth-order valence-corrected chi connectivity index (χ4v) is 3.56. The number of aromatic hydroxyl groups is 1. The van der Waals surface area contributed by atoms with E-state index in [4.69, 9.17) is 10.2 Å². The Morgan fingerprint density at radius 3 is 2.46 bits per heavy atom. The average Bonchev–Trinajstić information content (AvgIpc) is 2.71. The van der Waals surface area contributed by atoms with Crippen molar-refractivity contribution in [2.45, 2.75) is 13.8 Å². The van der Waals surface area contributed by atoms with Crippen LogP contribution in [-0.4, -0.2) is 24.7 Å². The molecule has 0 bridgehead atoms. The van der Waals surface area contributed by atoms with Crippen molar-refractivity contribution in [1.29, 1.82) is 0 Å². The van der Waals surface area contributed by atoms with Crippen LogP contribution in [0.5, 0.6) is 5.75 Å². The minimum atomic E-state index is -0.499. The van der Waals surface area contributed by atoms with E-state index in [0.29, 0.717) is 21.2 Å². The molecule has 6 heteroatoms. The van der Waals surface area contributed by atoms with Gasteiger partial charge < -0.3 is 20.2 Å². The van der Waals surface area contributed by atoms with E-state index in [0.717, 1.165) is 18.8 Å². The molecular weight excluding hydrogens is 420 g/mol. The zero-order valence-corrected chi connectivity index (χ0v) is 17.3. The van der Waals surface area contributed by atoms with Gasteiger partial charge in [-0.1, -0.05) is 27.8 Å². The van der Waals surface area contributed by atoms with Crippen LogP contribution in [-0.2, 0) is 0 Å². The van der Waals surface area contributed by atoms with Gasteiger partial charge in [-0.15, -0.1) is 0 Å². The molecule has 2 aromatic carbocycles. The lowest BCUT2D eigenvalue weighted by atomic mass is 10.1. The van der Waals surface area contributed by atoms with Crippen LogP contribution in [0, 0.1) is 11.8 Å². The van der Waals surface area contributed by atoms with Gasteiger partial charge in [0, 0.05) is 28.8 Å². The second kappa shape index (κ2) is 8.51. The zero-order valence-electron chi connectivity index (χ0n) is 15.8. The minimum Gasteiger partial charge on any atom is -0.502 e. The first-order chi connectivity index (χ1) is 13.5. The topological polar surface area (TPSA) is 79.7 Å². The monoisotopic (exact) mass is 440 g/mol. The third-order valence-corrected chi connectivity index (χ3v) is 4.97. The number of benzene rings is 2. The van der Waals surface area contributed by atoms with Crippen molar-refractivity contribution in [3.63, 3.8) is 0 Å². The van der Waals surface area contributed by atoms with Crippen molar-refractivity contribution in [2.75, 3.05) is 24.5 Å². The Kier molecular flexibility index (Phi) is 6.08. The summed E-state index contributed by atoms with van der Waals surface area (Å²) in [5.74, 6) is 5.41. The molecule has 3 N–H and O–H groups in total. The van der Waals surface area contributed by atoms with Crippen LogP contribution in [0.15, 0.2) is 50.1 Å². The van der Waals surface area contributed by atoms with Crippen LogP contribution in [0.1, 0.15) is 19.4 Å². The van der Waals surface area contributed by atoms with E-state index in [2.05, 4.69) is 46.5 Å². The first kappa shape index (κ1) is 20.0. The minimum absolute atomic E-state index is 0.127. The molecule has 5 nitrogen and oxygen atoms in total. The molecule has 1 heterocycles. The summed E-state index contributed by atoms with van der Waals surface area (Å²) in [4.78, 5) is 15.0. The molecule has 0 unspecified atom stereocenters. The molecule has 3 aromatic rings. The summed E-state index contributed by atoms with van der Waals surface area (Å²) in [5.41, 5.74) is 7.52. The van der Waals surface area contributed by atoms with Crippen LogP contribution in [0.4, 0.5) is 5.69 Å². The van der Waals surface area contributed by atoms with E-state index in [9.17, 15) is 9.90 Å². The molecule has 0 atom stereocenters. The van der Waals surface area contributed by atoms with Gasteiger partial charge in [-0.3, -0.25) is 4.79 Å². The van der Waals surface area contributed by atoms with E-state index in [1.54, 1.807) is 12.1 Å². The highest BCUT2D eigenvalue weighted by Gasteiger charge is 2.18. The Balaban J connectivity index is 2.20. The van der Waals surface area contributed by atoms with E-state index in [-0.39, 0.29) is 17.7 Å². The van der Waals surface area contributed by atoms with Gasteiger partial charge in [0.15, 0.2) is 11.3 Å². The van der Waals surface area contributed by atoms with E-state index in [1.807, 2.05) is 24.3 Å². The van der Waals surface area contributed by atoms with Gasteiger partial charge in [-0.05, 0) is 50.2 Å². The van der Waals surface area contributed by atoms with Gasteiger partial charge in [-0.2, -0.15) is 0 Å². The SMILES string of the molecule is CCN(CC)c1ccc(-c2oc3c(C#CCN)cc(Br)cc3c(=O)c2O)cc1. The number of hydrogen-bond donors (Lipinski definition) is 2. The summed E-state index contributed by atoms with van der Waals surface area (Å²) in [6, 6.07) is 10.9. The maximum atomic E-state index is 12.8. The van der Waals surface area contributed by atoms with Crippen molar-refractivity contribution in [2.24, 2.45) is 5.73 Å². The lowest BCUT2D eigenvalue weighted by molar-refractivity contribution is 0.449. The fourth-order valence-electron chi connectivity index (χ4n) is 3.10. The summed E-state index contributed by atoms with van der Waals surface area (Å²) in [5, 5.41) is 10.8. The van der Waals surface area contributed by atoms with Gasteiger partial charge in [0.2, 0.25) is 11.2 Å². The molecule has 0 aliphatic heterocycles. The molecule has 0 saturated heterocycles. The molecule has 0 spiro atoms. The first-order valence-electron chi connectivity index (χ1n) is 9.03. The normalized spacial score (nSPS) is 10.6. The molecule has 1 aromatic heterocycles. The van der Waals surface area contributed by atoms with Crippen molar-refractivity contribution in [1.82, 2.24) is 0 Å². The quantitative estimate of drug-likeness (QED) is 0.597. The summed E-state index contributed by atoms with van der Waals surface area (Å²) in [6.07, 6.45) is 0. The molecule has 0 amide bonds. The van der Waals surface area contributed by atoms with Gasteiger partial charge in [0.1, 0.15) is 0 Å². The number of nitrogens with zero attached hydrogens (tertiary/aromatic N) is 1. The molecule has 0 fully saturated rings. The van der Waals surface area contributed by atoms with Crippen LogP contribution < -0.4 is 16.1 Å². The number of hydrogen-bond acceptors (Lipinski definition) is 5. The molecule has 3 rings (SSSR count). The molecular formula is C22H21BrN2O3. The highest BCUT2D eigenvalue weighted by Crippen LogP contribution is 2.33. The molecule has 0 aliphatic carbocycles. The van der Waals surface area contributed by atoms with Gasteiger partial charge in [0.05, 0.1) is 17.5 Å².